The topological polar surface area (TPSA) is 58.2 Å². The molecule has 0 fully saturated rings. The molecule has 0 unspecified atom stereocenters. The second-order valence-corrected chi connectivity index (χ2v) is 5.70. The van der Waals surface area contributed by atoms with Gasteiger partial charge in [0.15, 0.2) is 0 Å². The maximum Gasteiger partial charge on any atom is 0.251 e. The third-order valence-electron chi connectivity index (χ3n) is 4.06. The summed E-state index contributed by atoms with van der Waals surface area (Å²) in [4.78, 5) is 24.4. The van der Waals surface area contributed by atoms with Crippen molar-refractivity contribution in [2.75, 3.05) is 11.9 Å². The molecule has 0 aromatic heterocycles. The Hall–Kier alpha value is -2.62. The summed E-state index contributed by atoms with van der Waals surface area (Å²) in [5.74, 6) is -0.449. The first-order chi connectivity index (χ1) is 11.6. The van der Waals surface area contributed by atoms with Gasteiger partial charge in [0, 0.05) is 11.3 Å². The molecule has 0 spiro atoms. The molecular weight excluding hydrogens is 300 g/mol. The smallest absolute Gasteiger partial charge is 0.251 e. The van der Waals surface area contributed by atoms with Crippen molar-refractivity contribution in [2.24, 2.45) is 0 Å². The number of benzene rings is 2. The summed E-state index contributed by atoms with van der Waals surface area (Å²) in [6.07, 6.45) is 1.69. The minimum Gasteiger partial charge on any atom is -0.343 e. The quantitative estimate of drug-likeness (QED) is 0.854. The van der Waals surface area contributed by atoms with Crippen LogP contribution in [0.25, 0.3) is 0 Å². The zero-order chi connectivity index (χ0) is 17.5. The normalized spacial score (nSPS) is 10.3. The molecule has 0 saturated carbocycles. The molecule has 0 aliphatic carbocycles. The molecule has 2 aromatic carbocycles. The molecular formula is C20H24N2O2. The molecule has 0 saturated heterocycles. The number of nitrogens with one attached hydrogen (secondary N) is 2. The van der Waals surface area contributed by atoms with Crippen molar-refractivity contribution in [1.29, 1.82) is 0 Å². The van der Waals surface area contributed by atoms with Gasteiger partial charge in [0.2, 0.25) is 5.91 Å². The van der Waals surface area contributed by atoms with Gasteiger partial charge in [0.1, 0.15) is 0 Å². The molecule has 0 aliphatic heterocycles. The Bertz CT molecular complexity index is 716. The third-order valence-corrected chi connectivity index (χ3v) is 4.06. The molecule has 2 N–H and O–H groups in total. The van der Waals surface area contributed by atoms with Crippen LogP contribution in [0.15, 0.2) is 42.5 Å². The minimum absolute atomic E-state index is 0.0473. The SMILES string of the molecule is CCc1cccc(CC)c1NC(=O)CNC(=O)c1ccccc1C. The Balaban J connectivity index is 2.02. The lowest BCUT2D eigenvalue weighted by Crippen LogP contribution is -2.33. The van der Waals surface area contributed by atoms with Crippen LogP contribution in [0.5, 0.6) is 0 Å². The van der Waals surface area contributed by atoms with Crippen molar-refractivity contribution in [1.82, 2.24) is 5.32 Å². The van der Waals surface area contributed by atoms with Crippen LogP contribution >= 0.6 is 0 Å². The zero-order valence-corrected chi connectivity index (χ0v) is 14.5. The Morgan fingerprint density at radius 2 is 1.54 bits per heavy atom. The molecule has 0 atom stereocenters. The summed E-state index contributed by atoms with van der Waals surface area (Å²) in [6, 6.07) is 13.4. The lowest BCUT2D eigenvalue weighted by Gasteiger charge is -2.15. The third kappa shape index (κ3) is 4.22. The number of anilines is 1. The Morgan fingerprint density at radius 3 is 2.12 bits per heavy atom. The van der Waals surface area contributed by atoms with Gasteiger partial charge in [0.25, 0.3) is 5.91 Å². The standard InChI is InChI=1S/C20H24N2O2/c1-4-15-10-8-11-16(5-2)19(15)22-18(23)13-21-20(24)17-12-7-6-9-14(17)3/h6-12H,4-5,13H2,1-3H3,(H,21,24)(H,22,23). The highest BCUT2D eigenvalue weighted by molar-refractivity contribution is 6.00. The van der Waals surface area contributed by atoms with Crippen molar-refractivity contribution < 1.29 is 9.59 Å². The van der Waals surface area contributed by atoms with Gasteiger partial charge in [-0.1, -0.05) is 50.2 Å². The maximum atomic E-state index is 12.2. The van der Waals surface area contributed by atoms with Crippen LogP contribution in [0.2, 0.25) is 0 Å². The van der Waals surface area contributed by atoms with Crippen LogP contribution in [0, 0.1) is 6.92 Å². The van der Waals surface area contributed by atoms with Gasteiger partial charge in [-0.15, -0.1) is 0 Å². The lowest BCUT2D eigenvalue weighted by atomic mass is 10.0. The first kappa shape index (κ1) is 17.7. The lowest BCUT2D eigenvalue weighted by molar-refractivity contribution is -0.115. The summed E-state index contributed by atoms with van der Waals surface area (Å²) >= 11 is 0. The molecule has 0 aliphatic rings. The highest BCUT2D eigenvalue weighted by Crippen LogP contribution is 2.22. The van der Waals surface area contributed by atoms with E-state index in [0.29, 0.717) is 5.56 Å². The molecule has 2 aromatic rings. The molecule has 2 rings (SSSR count). The van der Waals surface area contributed by atoms with E-state index in [2.05, 4.69) is 24.5 Å². The van der Waals surface area contributed by atoms with Crippen molar-refractivity contribution in [2.45, 2.75) is 33.6 Å². The number of carbonyl (C=O) groups is 2. The van der Waals surface area contributed by atoms with Gasteiger partial charge in [-0.05, 0) is 42.5 Å². The Kier molecular flexibility index (Phi) is 6.13. The van der Waals surface area contributed by atoms with E-state index in [4.69, 9.17) is 0 Å². The highest BCUT2D eigenvalue weighted by Gasteiger charge is 2.12. The minimum atomic E-state index is -0.234. The molecule has 2 amide bonds. The fraction of sp³-hybridized carbons (Fsp3) is 0.300. The molecule has 4 nitrogen and oxygen atoms in total. The fourth-order valence-corrected chi connectivity index (χ4v) is 2.67. The van der Waals surface area contributed by atoms with Crippen LogP contribution in [0.4, 0.5) is 5.69 Å². The van der Waals surface area contributed by atoms with E-state index in [1.54, 1.807) is 6.07 Å². The molecule has 0 bridgehead atoms. The molecule has 0 radical (unpaired) electrons. The van der Waals surface area contributed by atoms with E-state index >= 15 is 0 Å². The number of hydrogen-bond donors (Lipinski definition) is 2. The van der Waals surface area contributed by atoms with Crippen molar-refractivity contribution in [3.05, 3.63) is 64.7 Å². The number of aryl methyl sites for hydroxylation is 3. The summed E-state index contributed by atoms with van der Waals surface area (Å²) in [7, 11) is 0. The predicted octanol–water partition coefficient (Wildman–Crippen LogP) is 3.49. The van der Waals surface area contributed by atoms with Crippen molar-refractivity contribution in [3.63, 3.8) is 0 Å². The summed E-state index contributed by atoms with van der Waals surface area (Å²) in [6.45, 7) is 5.95. The van der Waals surface area contributed by atoms with Gasteiger partial charge in [-0.3, -0.25) is 9.59 Å². The first-order valence-corrected chi connectivity index (χ1v) is 8.31. The van der Waals surface area contributed by atoms with Crippen molar-refractivity contribution in [3.8, 4) is 0 Å². The first-order valence-electron chi connectivity index (χ1n) is 8.31. The fourth-order valence-electron chi connectivity index (χ4n) is 2.67. The van der Waals surface area contributed by atoms with E-state index in [1.165, 1.54) is 0 Å². The van der Waals surface area contributed by atoms with Gasteiger partial charge >= 0.3 is 0 Å². The van der Waals surface area contributed by atoms with Gasteiger partial charge in [-0.25, -0.2) is 0 Å². The number of hydrogen-bond acceptors (Lipinski definition) is 2. The van der Waals surface area contributed by atoms with Crippen LogP contribution in [0.1, 0.15) is 40.9 Å². The summed E-state index contributed by atoms with van der Waals surface area (Å²) in [5.41, 5.74) is 4.56. The van der Waals surface area contributed by atoms with Crippen molar-refractivity contribution >= 4 is 17.5 Å². The maximum absolute atomic E-state index is 12.2. The van der Waals surface area contributed by atoms with Crippen LogP contribution in [-0.4, -0.2) is 18.4 Å². The van der Waals surface area contributed by atoms with Gasteiger partial charge < -0.3 is 10.6 Å². The second kappa shape index (κ2) is 8.29. The molecule has 4 heteroatoms. The predicted molar refractivity (Wildman–Crippen MR) is 97.3 cm³/mol. The van der Waals surface area contributed by atoms with E-state index in [9.17, 15) is 9.59 Å². The van der Waals surface area contributed by atoms with Crippen LogP contribution in [0.3, 0.4) is 0 Å². The molecule has 24 heavy (non-hydrogen) atoms. The largest absolute Gasteiger partial charge is 0.343 e. The summed E-state index contributed by atoms with van der Waals surface area (Å²) in [5, 5.41) is 5.63. The zero-order valence-electron chi connectivity index (χ0n) is 14.5. The number of para-hydroxylation sites is 1. The Morgan fingerprint density at radius 1 is 0.917 bits per heavy atom. The van der Waals surface area contributed by atoms with Crippen LogP contribution in [-0.2, 0) is 17.6 Å². The summed E-state index contributed by atoms with van der Waals surface area (Å²) < 4.78 is 0. The number of rotatable bonds is 6. The monoisotopic (exact) mass is 324 g/mol. The van der Waals surface area contributed by atoms with Crippen LogP contribution < -0.4 is 10.6 Å². The van der Waals surface area contributed by atoms with E-state index in [1.807, 2.05) is 43.3 Å². The number of carbonyl (C=O) groups excluding carboxylic acids is 2. The van der Waals surface area contributed by atoms with Gasteiger partial charge in [-0.2, -0.15) is 0 Å². The van der Waals surface area contributed by atoms with E-state index in [-0.39, 0.29) is 18.4 Å². The number of amides is 2. The Labute approximate surface area is 143 Å². The average molecular weight is 324 g/mol. The van der Waals surface area contributed by atoms with E-state index in [0.717, 1.165) is 35.2 Å². The van der Waals surface area contributed by atoms with Gasteiger partial charge in [0.05, 0.1) is 6.54 Å². The molecule has 0 heterocycles. The average Bonchev–Trinajstić information content (AvgIpc) is 2.60. The van der Waals surface area contributed by atoms with E-state index < -0.39 is 0 Å². The molecule has 126 valence electrons. The second-order valence-electron chi connectivity index (χ2n) is 5.70. The highest BCUT2D eigenvalue weighted by atomic mass is 16.2.